The van der Waals surface area contributed by atoms with Gasteiger partial charge in [0.1, 0.15) is 0 Å². The number of phenolic OH excluding ortho intramolecular Hbond substituents is 1. The molecule has 22 heavy (non-hydrogen) atoms. The van der Waals surface area contributed by atoms with E-state index in [2.05, 4.69) is 15.8 Å². The Morgan fingerprint density at radius 1 is 1.41 bits per heavy atom. The van der Waals surface area contributed by atoms with E-state index in [1.807, 2.05) is 0 Å². The predicted molar refractivity (Wildman–Crippen MR) is 90.4 cm³/mol. The van der Waals surface area contributed by atoms with Crippen LogP contribution in [0.4, 0.5) is 0 Å². The van der Waals surface area contributed by atoms with Crippen LogP contribution in [-0.2, 0) is 0 Å². The summed E-state index contributed by atoms with van der Waals surface area (Å²) in [6.45, 7) is 0. The highest BCUT2D eigenvalue weighted by Crippen LogP contribution is 2.44. The molecule has 0 spiro atoms. The van der Waals surface area contributed by atoms with Crippen molar-refractivity contribution in [1.29, 1.82) is 0 Å². The minimum Gasteiger partial charge on any atom is -0.504 e. The summed E-state index contributed by atoms with van der Waals surface area (Å²) in [4.78, 5) is 0. The van der Waals surface area contributed by atoms with Gasteiger partial charge < -0.3 is 15.2 Å². The van der Waals surface area contributed by atoms with Crippen LogP contribution in [0.2, 0.25) is 0 Å². The average molecular weight is 319 g/mol. The summed E-state index contributed by atoms with van der Waals surface area (Å²) < 4.78 is 5.06. The first-order valence-electron chi connectivity index (χ1n) is 7.63. The van der Waals surface area contributed by atoms with Gasteiger partial charge in [-0.2, -0.15) is 5.10 Å². The monoisotopic (exact) mass is 319 g/mol. The van der Waals surface area contributed by atoms with Crippen molar-refractivity contribution < 1.29 is 9.84 Å². The third kappa shape index (κ3) is 3.16. The van der Waals surface area contributed by atoms with Crippen LogP contribution >= 0.6 is 12.2 Å². The molecule has 2 aliphatic rings. The minimum atomic E-state index is 0.0718. The number of aromatic hydroxyl groups is 1. The van der Waals surface area contributed by atoms with Crippen LogP contribution in [-0.4, -0.2) is 29.6 Å². The second-order valence-corrected chi connectivity index (χ2v) is 6.43. The fraction of sp³-hybridized carbons (Fsp3) is 0.500. The van der Waals surface area contributed by atoms with Crippen molar-refractivity contribution in [3.8, 4) is 11.5 Å². The first-order chi connectivity index (χ1) is 10.7. The highest BCUT2D eigenvalue weighted by atomic mass is 32.1. The first-order valence-corrected chi connectivity index (χ1v) is 8.03. The third-order valence-electron chi connectivity index (χ3n) is 4.67. The molecule has 0 saturated heterocycles. The molecule has 2 bridgehead atoms. The Labute approximate surface area is 135 Å². The molecule has 0 aliphatic heterocycles. The summed E-state index contributed by atoms with van der Waals surface area (Å²) in [7, 11) is 1.52. The smallest absolute Gasteiger partial charge is 0.187 e. The standard InChI is InChI=1S/C16H21N3O2S/c1-21-14-4-2-3-12(15(14)20)9-17-19-16(22)18-13-8-10-5-6-11(13)7-10/h2-4,9-11,13,20H,5-8H2,1H3,(H2,18,19,22)/b17-9+/t10-,11+,13+/m0/s1. The van der Waals surface area contributed by atoms with Crippen molar-refractivity contribution in [2.24, 2.45) is 16.9 Å². The third-order valence-corrected chi connectivity index (χ3v) is 4.88. The van der Waals surface area contributed by atoms with E-state index in [4.69, 9.17) is 17.0 Å². The molecular weight excluding hydrogens is 298 g/mol. The molecule has 6 heteroatoms. The van der Waals surface area contributed by atoms with E-state index in [1.54, 1.807) is 18.2 Å². The van der Waals surface area contributed by atoms with Crippen molar-refractivity contribution in [1.82, 2.24) is 10.7 Å². The molecule has 2 saturated carbocycles. The number of hydrogen-bond acceptors (Lipinski definition) is 4. The molecule has 2 aliphatic carbocycles. The zero-order chi connectivity index (χ0) is 15.5. The number of fused-ring (bicyclic) bond motifs is 2. The summed E-state index contributed by atoms with van der Waals surface area (Å²) in [5, 5.41) is 17.9. The van der Waals surface area contributed by atoms with Gasteiger partial charge in [0, 0.05) is 11.6 Å². The van der Waals surface area contributed by atoms with Crippen LogP contribution in [0, 0.1) is 11.8 Å². The predicted octanol–water partition coefficient (Wildman–Crippen LogP) is 2.39. The quantitative estimate of drug-likeness (QED) is 0.452. The molecule has 5 nitrogen and oxygen atoms in total. The largest absolute Gasteiger partial charge is 0.504 e. The molecule has 0 aromatic heterocycles. The first kappa shape index (κ1) is 15.1. The lowest BCUT2D eigenvalue weighted by Crippen LogP contribution is -2.42. The van der Waals surface area contributed by atoms with Gasteiger partial charge in [-0.1, -0.05) is 12.5 Å². The number of ether oxygens (including phenoxy) is 1. The van der Waals surface area contributed by atoms with Crippen molar-refractivity contribution >= 4 is 23.5 Å². The molecule has 2 fully saturated rings. The lowest BCUT2D eigenvalue weighted by atomic mass is 9.96. The lowest BCUT2D eigenvalue weighted by Gasteiger charge is -2.23. The molecule has 0 heterocycles. The summed E-state index contributed by atoms with van der Waals surface area (Å²) >= 11 is 5.28. The number of phenols is 1. The number of para-hydroxylation sites is 1. The van der Waals surface area contributed by atoms with Gasteiger partial charge in [0.15, 0.2) is 16.6 Å². The number of benzene rings is 1. The van der Waals surface area contributed by atoms with Crippen LogP contribution < -0.4 is 15.5 Å². The second kappa shape index (κ2) is 6.52. The molecular formula is C16H21N3O2S. The maximum atomic E-state index is 9.96. The summed E-state index contributed by atoms with van der Waals surface area (Å²) in [5.41, 5.74) is 3.40. The summed E-state index contributed by atoms with van der Waals surface area (Å²) in [6.07, 6.45) is 6.77. The maximum absolute atomic E-state index is 9.96. The van der Waals surface area contributed by atoms with Crippen LogP contribution in [0.15, 0.2) is 23.3 Å². The summed E-state index contributed by atoms with van der Waals surface area (Å²) in [5.74, 6) is 2.13. The number of nitrogens with zero attached hydrogens (tertiary/aromatic N) is 1. The normalized spacial score (nSPS) is 26.3. The molecule has 0 amide bonds. The zero-order valence-corrected chi connectivity index (χ0v) is 13.4. The molecule has 3 N–H and O–H groups in total. The van der Waals surface area contributed by atoms with Crippen molar-refractivity contribution in [2.45, 2.75) is 31.7 Å². The van der Waals surface area contributed by atoms with Gasteiger partial charge in [-0.3, -0.25) is 5.43 Å². The Morgan fingerprint density at radius 2 is 2.27 bits per heavy atom. The van der Waals surface area contributed by atoms with Gasteiger partial charge in [0.25, 0.3) is 0 Å². The number of rotatable bonds is 4. The van der Waals surface area contributed by atoms with E-state index in [1.165, 1.54) is 39.0 Å². The second-order valence-electron chi connectivity index (χ2n) is 6.02. The van der Waals surface area contributed by atoms with Crippen molar-refractivity contribution in [3.05, 3.63) is 23.8 Å². The molecule has 0 radical (unpaired) electrons. The van der Waals surface area contributed by atoms with E-state index in [-0.39, 0.29) is 5.75 Å². The Hall–Kier alpha value is -1.82. The number of hydrazone groups is 1. The van der Waals surface area contributed by atoms with E-state index >= 15 is 0 Å². The maximum Gasteiger partial charge on any atom is 0.187 e. The van der Waals surface area contributed by atoms with Gasteiger partial charge in [-0.25, -0.2) is 0 Å². The fourth-order valence-electron chi connectivity index (χ4n) is 3.59. The summed E-state index contributed by atoms with van der Waals surface area (Å²) in [6, 6.07) is 5.74. The van der Waals surface area contributed by atoms with Crippen LogP contribution in [0.5, 0.6) is 11.5 Å². The molecule has 3 atom stereocenters. The van der Waals surface area contributed by atoms with Gasteiger partial charge in [0.2, 0.25) is 0 Å². The SMILES string of the molecule is COc1cccc(/C=N/NC(=S)N[C@@H]2C[C@H]3CC[C@@H]2C3)c1O. The van der Waals surface area contributed by atoms with E-state index in [9.17, 15) is 5.11 Å². The minimum absolute atomic E-state index is 0.0718. The zero-order valence-electron chi connectivity index (χ0n) is 12.6. The lowest BCUT2D eigenvalue weighted by molar-refractivity contribution is 0.373. The van der Waals surface area contributed by atoms with Gasteiger partial charge in [-0.05, 0) is 55.4 Å². The van der Waals surface area contributed by atoms with Gasteiger partial charge in [0.05, 0.1) is 13.3 Å². The van der Waals surface area contributed by atoms with Crippen molar-refractivity contribution in [2.75, 3.05) is 7.11 Å². The average Bonchev–Trinajstić information content (AvgIpc) is 3.11. The number of hydrogen-bond donors (Lipinski definition) is 3. The highest BCUT2D eigenvalue weighted by Gasteiger charge is 2.39. The highest BCUT2D eigenvalue weighted by molar-refractivity contribution is 7.80. The molecule has 0 unspecified atom stereocenters. The van der Waals surface area contributed by atoms with E-state index < -0.39 is 0 Å². The fourth-order valence-corrected chi connectivity index (χ4v) is 3.79. The Morgan fingerprint density at radius 3 is 2.95 bits per heavy atom. The Kier molecular flexibility index (Phi) is 4.47. The van der Waals surface area contributed by atoms with Crippen LogP contribution in [0.25, 0.3) is 0 Å². The Balaban J connectivity index is 1.52. The van der Waals surface area contributed by atoms with Gasteiger partial charge >= 0.3 is 0 Å². The number of nitrogens with one attached hydrogen (secondary N) is 2. The molecule has 3 rings (SSSR count). The molecule has 1 aromatic carbocycles. The van der Waals surface area contributed by atoms with Gasteiger partial charge in [-0.15, -0.1) is 0 Å². The van der Waals surface area contributed by atoms with Crippen molar-refractivity contribution in [3.63, 3.8) is 0 Å². The van der Waals surface area contributed by atoms with E-state index in [0.717, 1.165) is 11.8 Å². The molecule has 1 aromatic rings. The van der Waals surface area contributed by atoms with Crippen LogP contribution in [0.1, 0.15) is 31.2 Å². The van der Waals surface area contributed by atoms with E-state index in [0.29, 0.717) is 22.5 Å². The number of methoxy groups -OCH3 is 1. The Bertz CT molecular complexity index is 591. The molecule has 118 valence electrons. The topological polar surface area (TPSA) is 65.9 Å². The number of thiocarbonyl (C=S) groups is 1. The van der Waals surface area contributed by atoms with Crippen LogP contribution in [0.3, 0.4) is 0 Å².